The molecule has 144 valence electrons. The quantitative estimate of drug-likeness (QED) is 0.382. The van der Waals surface area contributed by atoms with Gasteiger partial charge in [-0.1, -0.05) is 36.6 Å². The molecule has 1 aliphatic heterocycles. The zero-order valence-corrected chi connectivity index (χ0v) is 18.5. The molecule has 4 rings (SSSR count). The molecule has 3 fully saturated rings. The largest absolute Gasteiger partial charge is 0.353 e. The molecule has 4 nitrogen and oxygen atoms in total. The average Bonchev–Trinajstić information content (AvgIpc) is 3.01. The van der Waals surface area contributed by atoms with Gasteiger partial charge in [0.05, 0.1) is 0 Å². The minimum absolute atomic E-state index is 0. The number of benzene rings is 1. The smallest absolute Gasteiger partial charge is 0.191 e. The number of guanidine groups is 1. The van der Waals surface area contributed by atoms with Crippen molar-refractivity contribution in [3.05, 3.63) is 34.9 Å². The van der Waals surface area contributed by atoms with Crippen LogP contribution in [0.4, 0.5) is 0 Å². The highest BCUT2D eigenvalue weighted by molar-refractivity contribution is 14.0. The summed E-state index contributed by atoms with van der Waals surface area (Å²) in [6.45, 7) is 2.39. The average molecular weight is 489 g/mol. The van der Waals surface area contributed by atoms with E-state index >= 15 is 0 Å². The third kappa shape index (κ3) is 4.84. The number of likely N-dealkylation sites (tertiary alicyclic amines) is 1. The van der Waals surface area contributed by atoms with Gasteiger partial charge in [-0.15, -0.1) is 24.0 Å². The molecule has 1 saturated heterocycles. The summed E-state index contributed by atoms with van der Waals surface area (Å²) in [5.41, 5.74) is 1.33. The molecule has 26 heavy (non-hydrogen) atoms. The van der Waals surface area contributed by atoms with Crippen molar-refractivity contribution < 1.29 is 0 Å². The molecule has 3 aliphatic rings. The molecule has 1 aromatic carbocycles. The molecule has 0 amide bonds. The summed E-state index contributed by atoms with van der Waals surface area (Å²) in [5.74, 6) is 1.50. The van der Waals surface area contributed by atoms with Crippen LogP contribution < -0.4 is 10.6 Å². The Labute approximate surface area is 179 Å². The summed E-state index contributed by atoms with van der Waals surface area (Å²) in [5, 5.41) is 8.06. The summed E-state index contributed by atoms with van der Waals surface area (Å²) in [6.07, 6.45) is 7.98. The molecule has 0 radical (unpaired) electrons. The second kappa shape index (κ2) is 9.11. The van der Waals surface area contributed by atoms with Crippen LogP contribution in [-0.4, -0.2) is 49.1 Å². The van der Waals surface area contributed by atoms with Crippen LogP contribution in [0.3, 0.4) is 0 Å². The van der Waals surface area contributed by atoms with E-state index in [1.165, 1.54) is 44.2 Å². The Balaban J connectivity index is 0.00000196. The van der Waals surface area contributed by atoms with Gasteiger partial charge in [-0.2, -0.15) is 0 Å². The molecule has 3 atom stereocenters. The van der Waals surface area contributed by atoms with Crippen molar-refractivity contribution in [3.8, 4) is 0 Å². The number of hydrogen-bond acceptors (Lipinski definition) is 2. The topological polar surface area (TPSA) is 39.7 Å². The molecule has 2 N–H and O–H groups in total. The number of halogens is 2. The van der Waals surface area contributed by atoms with E-state index in [-0.39, 0.29) is 24.0 Å². The Morgan fingerprint density at radius 3 is 2.73 bits per heavy atom. The van der Waals surface area contributed by atoms with Crippen molar-refractivity contribution in [2.45, 2.75) is 62.6 Å². The minimum Gasteiger partial charge on any atom is -0.353 e. The summed E-state index contributed by atoms with van der Waals surface area (Å²) in [6, 6.07) is 10.1. The maximum atomic E-state index is 6.12. The predicted octanol–water partition coefficient (Wildman–Crippen LogP) is 4.00. The lowest BCUT2D eigenvalue weighted by Gasteiger charge is -2.24. The standard InChI is InChI=1S/C20H29ClN4.HI/c1-22-20(23-16-9-10-25(13-16)17-7-2-3-8-17)24-19-12-18(19)14-5-4-6-15(21)11-14;/h4-6,11,16-19H,2-3,7-10,12-13H2,1H3,(H2,22,23,24);1H. The second-order valence-electron chi connectivity index (χ2n) is 7.78. The number of rotatable bonds is 4. The molecule has 6 heteroatoms. The van der Waals surface area contributed by atoms with Gasteiger partial charge in [0.25, 0.3) is 0 Å². The Morgan fingerprint density at radius 2 is 2.00 bits per heavy atom. The molecule has 0 bridgehead atoms. The lowest BCUT2D eigenvalue weighted by Crippen LogP contribution is -2.46. The Bertz CT molecular complexity index is 632. The Kier molecular flexibility index (Phi) is 7.08. The van der Waals surface area contributed by atoms with Crippen molar-refractivity contribution in [2.24, 2.45) is 4.99 Å². The van der Waals surface area contributed by atoms with Crippen LogP contribution in [0.1, 0.15) is 50.0 Å². The maximum Gasteiger partial charge on any atom is 0.191 e. The number of nitrogens with one attached hydrogen (secondary N) is 2. The first kappa shape index (κ1) is 20.2. The minimum atomic E-state index is 0. The van der Waals surface area contributed by atoms with Gasteiger partial charge in [0.15, 0.2) is 5.96 Å². The zero-order valence-electron chi connectivity index (χ0n) is 15.5. The third-order valence-electron chi connectivity index (χ3n) is 6.01. The normalized spacial score (nSPS) is 29.5. The molecular weight excluding hydrogens is 459 g/mol. The Hall–Kier alpha value is -0.530. The molecule has 3 unspecified atom stereocenters. The fraction of sp³-hybridized carbons (Fsp3) is 0.650. The number of hydrogen-bond donors (Lipinski definition) is 2. The predicted molar refractivity (Wildman–Crippen MR) is 120 cm³/mol. The van der Waals surface area contributed by atoms with Gasteiger partial charge in [-0.05, 0) is 43.4 Å². The monoisotopic (exact) mass is 488 g/mol. The van der Waals surface area contributed by atoms with Gasteiger partial charge in [0, 0.05) is 49.2 Å². The maximum absolute atomic E-state index is 6.12. The van der Waals surface area contributed by atoms with Crippen molar-refractivity contribution >= 4 is 41.5 Å². The fourth-order valence-electron chi connectivity index (χ4n) is 4.51. The van der Waals surface area contributed by atoms with Crippen LogP contribution in [0.5, 0.6) is 0 Å². The Morgan fingerprint density at radius 1 is 1.19 bits per heavy atom. The van der Waals surface area contributed by atoms with Gasteiger partial charge in [0.2, 0.25) is 0 Å². The van der Waals surface area contributed by atoms with Gasteiger partial charge in [-0.3, -0.25) is 9.89 Å². The molecule has 0 spiro atoms. The molecule has 1 aromatic rings. The molecule has 0 aromatic heterocycles. The van der Waals surface area contributed by atoms with Gasteiger partial charge < -0.3 is 10.6 Å². The van der Waals surface area contributed by atoms with Crippen LogP contribution in [0.15, 0.2) is 29.3 Å². The van der Waals surface area contributed by atoms with E-state index in [0.29, 0.717) is 18.0 Å². The highest BCUT2D eigenvalue weighted by Gasteiger charge is 2.39. The summed E-state index contributed by atoms with van der Waals surface area (Å²) >= 11 is 6.12. The molecule has 2 aliphatic carbocycles. The van der Waals surface area contributed by atoms with Crippen molar-refractivity contribution in [1.29, 1.82) is 0 Å². The zero-order chi connectivity index (χ0) is 17.2. The van der Waals surface area contributed by atoms with Crippen LogP contribution in [-0.2, 0) is 0 Å². The van der Waals surface area contributed by atoms with Crippen LogP contribution in [0.2, 0.25) is 5.02 Å². The van der Waals surface area contributed by atoms with E-state index in [2.05, 4.69) is 32.7 Å². The third-order valence-corrected chi connectivity index (χ3v) is 6.25. The summed E-state index contributed by atoms with van der Waals surface area (Å²) in [4.78, 5) is 7.13. The number of nitrogens with zero attached hydrogens (tertiary/aromatic N) is 2. The van der Waals surface area contributed by atoms with Gasteiger partial charge in [-0.25, -0.2) is 0 Å². The number of aliphatic imine (C=N–C) groups is 1. The first-order chi connectivity index (χ1) is 12.2. The van der Waals surface area contributed by atoms with Crippen LogP contribution in [0, 0.1) is 0 Å². The van der Waals surface area contributed by atoms with Gasteiger partial charge >= 0.3 is 0 Å². The van der Waals surface area contributed by atoms with E-state index in [1.807, 2.05) is 19.2 Å². The van der Waals surface area contributed by atoms with Crippen LogP contribution >= 0.6 is 35.6 Å². The first-order valence-corrected chi connectivity index (χ1v) is 10.1. The lowest BCUT2D eigenvalue weighted by molar-refractivity contribution is 0.242. The van der Waals surface area contributed by atoms with Crippen molar-refractivity contribution in [1.82, 2.24) is 15.5 Å². The molecule has 2 saturated carbocycles. The summed E-state index contributed by atoms with van der Waals surface area (Å²) < 4.78 is 0. The SMILES string of the molecule is CN=C(NC1CCN(C2CCCC2)C1)NC1CC1c1cccc(Cl)c1.I. The molecular formula is C20H30ClIN4. The van der Waals surface area contributed by atoms with Crippen molar-refractivity contribution in [2.75, 3.05) is 20.1 Å². The van der Waals surface area contributed by atoms with E-state index in [9.17, 15) is 0 Å². The molecule has 1 heterocycles. The second-order valence-corrected chi connectivity index (χ2v) is 8.22. The fourth-order valence-corrected chi connectivity index (χ4v) is 4.70. The summed E-state index contributed by atoms with van der Waals surface area (Å²) in [7, 11) is 1.87. The highest BCUT2D eigenvalue weighted by Crippen LogP contribution is 2.41. The van der Waals surface area contributed by atoms with E-state index < -0.39 is 0 Å². The highest BCUT2D eigenvalue weighted by atomic mass is 127. The van der Waals surface area contributed by atoms with E-state index in [0.717, 1.165) is 30.0 Å². The lowest BCUT2D eigenvalue weighted by atomic mass is 10.1. The van der Waals surface area contributed by atoms with Crippen LogP contribution in [0.25, 0.3) is 0 Å². The van der Waals surface area contributed by atoms with Gasteiger partial charge in [0.1, 0.15) is 0 Å². The van der Waals surface area contributed by atoms with E-state index in [4.69, 9.17) is 11.6 Å². The first-order valence-electron chi connectivity index (χ1n) is 9.72. The van der Waals surface area contributed by atoms with E-state index in [1.54, 1.807) is 0 Å². The van der Waals surface area contributed by atoms with Crippen molar-refractivity contribution in [3.63, 3.8) is 0 Å².